The second kappa shape index (κ2) is 4.49. The zero-order chi connectivity index (χ0) is 10.7. The SMILES string of the molecule is CCNCCn1ccc2c(C)cccc21. The molecule has 0 spiro atoms. The summed E-state index contributed by atoms with van der Waals surface area (Å²) in [6.07, 6.45) is 2.18. The normalized spacial score (nSPS) is 11.1. The molecule has 2 aromatic rings. The number of fused-ring (bicyclic) bond motifs is 1. The standard InChI is InChI=1S/C13H18N2/c1-3-14-8-10-15-9-7-12-11(2)5-4-6-13(12)15/h4-7,9,14H,3,8,10H2,1-2H3. The van der Waals surface area contributed by atoms with E-state index in [9.17, 15) is 0 Å². The van der Waals surface area contributed by atoms with Crippen molar-refractivity contribution < 1.29 is 0 Å². The van der Waals surface area contributed by atoms with Crippen molar-refractivity contribution >= 4 is 10.9 Å². The molecule has 0 saturated carbocycles. The van der Waals surface area contributed by atoms with Crippen LogP contribution in [0.1, 0.15) is 12.5 Å². The van der Waals surface area contributed by atoms with Gasteiger partial charge in [0.25, 0.3) is 0 Å². The van der Waals surface area contributed by atoms with Gasteiger partial charge in [-0.15, -0.1) is 0 Å². The van der Waals surface area contributed by atoms with Gasteiger partial charge in [0.1, 0.15) is 0 Å². The Balaban J connectivity index is 2.25. The Morgan fingerprint density at radius 1 is 1.27 bits per heavy atom. The molecule has 2 heteroatoms. The molecule has 0 atom stereocenters. The van der Waals surface area contributed by atoms with E-state index in [4.69, 9.17) is 0 Å². The van der Waals surface area contributed by atoms with Gasteiger partial charge in [-0.25, -0.2) is 0 Å². The minimum Gasteiger partial charge on any atom is -0.346 e. The van der Waals surface area contributed by atoms with E-state index >= 15 is 0 Å². The monoisotopic (exact) mass is 202 g/mol. The van der Waals surface area contributed by atoms with Gasteiger partial charge in [-0.3, -0.25) is 0 Å². The summed E-state index contributed by atoms with van der Waals surface area (Å²) in [6, 6.07) is 8.68. The largest absolute Gasteiger partial charge is 0.346 e. The summed E-state index contributed by atoms with van der Waals surface area (Å²) < 4.78 is 2.31. The first kappa shape index (κ1) is 10.2. The van der Waals surface area contributed by atoms with Crippen LogP contribution in [0.4, 0.5) is 0 Å². The first-order valence-corrected chi connectivity index (χ1v) is 5.58. The van der Waals surface area contributed by atoms with Crippen LogP contribution in [-0.4, -0.2) is 17.7 Å². The summed E-state index contributed by atoms with van der Waals surface area (Å²) >= 11 is 0. The second-order valence-electron chi connectivity index (χ2n) is 3.87. The molecule has 0 fully saturated rings. The second-order valence-corrected chi connectivity index (χ2v) is 3.87. The maximum atomic E-state index is 3.35. The van der Waals surface area contributed by atoms with Gasteiger partial charge in [0, 0.05) is 30.2 Å². The van der Waals surface area contributed by atoms with Crippen LogP contribution in [0.3, 0.4) is 0 Å². The summed E-state index contributed by atoms with van der Waals surface area (Å²) in [6.45, 7) is 7.42. The summed E-state index contributed by atoms with van der Waals surface area (Å²) in [5.74, 6) is 0. The van der Waals surface area contributed by atoms with Gasteiger partial charge in [0.05, 0.1) is 0 Å². The zero-order valence-corrected chi connectivity index (χ0v) is 9.46. The lowest BCUT2D eigenvalue weighted by Gasteiger charge is -2.06. The van der Waals surface area contributed by atoms with Gasteiger partial charge in [-0.1, -0.05) is 19.1 Å². The summed E-state index contributed by atoms with van der Waals surface area (Å²) in [7, 11) is 0. The third-order valence-corrected chi connectivity index (χ3v) is 2.81. The van der Waals surface area contributed by atoms with Crippen molar-refractivity contribution in [3.8, 4) is 0 Å². The topological polar surface area (TPSA) is 17.0 Å². The van der Waals surface area contributed by atoms with Crippen molar-refractivity contribution in [3.05, 3.63) is 36.0 Å². The van der Waals surface area contributed by atoms with Gasteiger partial charge >= 0.3 is 0 Å². The Bertz CT molecular complexity index is 443. The number of benzene rings is 1. The van der Waals surface area contributed by atoms with E-state index in [-0.39, 0.29) is 0 Å². The lowest BCUT2D eigenvalue weighted by atomic mass is 10.1. The molecule has 0 aliphatic carbocycles. The summed E-state index contributed by atoms with van der Waals surface area (Å²) in [4.78, 5) is 0. The summed E-state index contributed by atoms with van der Waals surface area (Å²) in [5.41, 5.74) is 2.70. The molecule has 0 aliphatic heterocycles. The van der Waals surface area contributed by atoms with Crippen molar-refractivity contribution in [1.29, 1.82) is 0 Å². The Morgan fingerprint density at radius 3 is 2.93 bits per heavy atom. The number of nitrogens with one attached hydrogen (secondary N) is 1. The molecule has 0 unspecified atom stereocenters. The van der Waals surface area contributed by atoms with Crippen LogP contribution in [-0.2, 0) is 6.54 Å². The van der Waals surface area contributed by atoms with Crippen LogP contribution in [0.2, 0.25) is 0 Å². The van der Waals surface area contributed by atoms with Gasteiger partial charge < -0.3 is 9.88 Å². The lowest BCUT2D eigenvalue weighted by Crippen LogP contribution is -2.18. The first-order chi connectivity index (χ1) is 7.33. The number of hydrogen-bond acceptors (Lipinski definition) is 1. The highest BCUT2D eigenvalue weighted by molar-refractivity contribution is 5.83. The molecule has 0 aliphatic rings. The molecule has 15 heavy (non-hydrogen) atoms. The Hall–Kier alpha value is -1.28. The van der Waals surface area contributed by atoms with E-state index in [1.807, 2.05) is 0 Å². The Kier molecular flexibility index (Phi) is 3.07. The van der Waals surface area contributed by atoms with Crippen molar-refractivity contribution in [2.75, 3.05) is 13.1 Å². The van der Waals surface area contributed by atoms with Crippen LogP contribution < -0.4 is 5.32 Å². The quantitative estimate of drug-likeness (QED) is 0.754. The maximum Gasteiger partial charge on any atom is 0.0483 e. The van der Waals surface area contributed by atoms with Gasteiger partial charge in [0.2, 0.25) is 0 Å². The highest BCUT2D eigenvalue weighted by Gasteiger charge is 2.01. The van der Waals surface area contributed by atoms with Crippen LogP contribution in [0.25, 0.3) is 10.9 Å². The predicted molar refractivity (Wildman–Crippen MR) is 65.2 cm³/mol. The van der Waals surface area contributed by atoms with Crippen molar-refractivity contribution in [2.45, 2.75) is 20.4 Å². The number of aromatic nitrogens is 1. The molecule has 0 bridgehead atoms. The zero-order valence-electron chi connectivity index (χ0n) is 9.46. The predicted octanol–water partition coefficient (Wildman–Crippen LogP) is 2.56. The molecule has 0 amide bonds. The highest BCUT2D eigenvalue weighted by Crippen LogP contribution is 2.18. The molecule has 0 saturated heterocycles. The number of hydrogen-bond donors (Lipinski definition) is 1. The van der Waals surface area contributed by atoms with E-state index < -0.39 is 0 Å². The average molecular weight is 202 g/mol. The minimum atomic E-state index is 1.04. The van der Waals surface area contributed by atoms with E-state index in [2.05, 4.69) is 54.2 Å². The molecule has 2 rings (SSSR count). The van der Waals surface area contributed by atoms with Gasteiger partial charge in [-0.05, 0) is 31.2 Å². The average Bonchev–Trinajstić information content (AvgIpc) is 2.64. The highest BCUT2D eigenvalue weighted by atomic mass is 15.0. The Labute approximate surface area is 90.9 Å². The summed E-state index contributed by atoms with van der Waals surface area (Å²) in [5, 5.41) is 4.71. The van der Waals surface area contributed by atoms with E-state index in [0.29, 0.717) is 0 Å². The number of aryl methyl sites for hydroxylation is 1. The van der Waals surface area contributed by atoms with Gasteiger partial charge in [0.15, 0.2) is 0 Å². The molecule has 1 aromatic carbocycles. The lowest BCUT2D eigenvalue weighted by molar-refractivity contribution is 0.627. The minimum absolute atomic E-state index is 1.04. The van der Waals surface area contributed by atoms with Crippen LogP contribution in [0, 0.1) is 6.92 Å². The van der Waals surface area contributed by atoms with Crippen molar-refractivity contribution in [2.24, 2.45) is 0 Å². The van der Waals surface area contributed by atoms with Crippen molar-refractivity contribution in [3.63, 3.8) is 0 Å². The molecule has 0 radical (unpaired) electrons. The molecular formula is C13H18N2. The van der Waals surface area contributed by atoms with Crippen LogP contribution in [0.15, 0.2) is 30.5 Å². The molecule has 80 valence electrons. The molecule has 1 aromatic heterocycles. The fourth-order valence-corrected chi connectivity index (χ4v) is 1.95. The fourth-order valence-electron chi connectivity index (χ4n) is 1.95. The Morgan fingerprint density at radius 2 is 2.13 bits per heavy atom. The van der Waals surface area contributed by atoms with Crippen molar-refractivity contribution in [1.82, 2.24) is 9.88 Å². The molecule has 1 N–H and O–H groups in total. The number of nitrogens with zero attached hydrogens (tertiary/aromatic N) is 1. The van der Waals surface area contributed by atoms with Gasteiger partial charge in [-0.2, -0.15) is 0 Å². The van der Waals surface area contributed by atoms with Crippen LogP contribution >= 0.6 is 0 Å². The van der Waals surface area contributed by atoms with E-state index in [1.165, 1.54) is 16.5 Å². The molecule has 1 heterocycles. The maximum absolute atomic E-state index is 3.35. The third kappa shape index (κ3) is 2.05. The third-order valence-electron chi connectivity index (χ3n) is 2.81. The van der Waals surface area contributed by atoms with E-state index in [1.54, 1.807) is 0 Å². The number of rotatable bonds is 4. The smallest absolute Gasteiger partial charge is 0.0483 e. The molecule has 2 nitrogen and oxygen atoms in total. The number of likely N-dealkylation sites (N-methyl/N-ethyl adjacent to an activating group) is 1. The van der Waals surface area contributed by atoms with E-state index in [0.717, 1.165) is 19.6 Å². The fraction of sp³-hybridized carbons (Fsp3) is 0.385. The molecular weight excluding hydrogens is 184 g/mol. The first-order valence-electron chi connectivity index (χ1n) is 5.58. The van der Waals surface area contributed by atoms with Crippen LogP contribution in [0.5, 0.6) is 0 Å².